The van der Waals surface area contributed by atoms with Gasteiger partial charge >= 0.3 is 0 Å². The first-order valence-electron chi connectivity index (χ1n) is 6.89. The predicted molar refractivity (Wildman–Crippen MR) is 87.9 cm³/mol. The molecule has 0 radical (unpaired) electrons. The van der Waals surface area contributed by atoms with Gasteiger partial charge in [-0.25, -0.2) is 0 Å². The van der Waals surface area contributed by atoms with E-state index in [1.165, 1.54) is 11.3 Å². The first-order valence-corrected chi connectivity index (χ1v) is 7.68. The minimum atomic E-state index is 0.483. The molecule has 0 heterocycles. The van der Waals surface area contributed by atoms with Gasteiger partial charge in [0.25, 0.3) is 0 Å². The standard InChI is InChI=1S/C15H26BrN3/c1-5-19(12(2)11-18(3)4)15-7-6-13(8-9-17)10-14(15)16/h6-7,10,12H,5,8-9,11,17H2,1-4H3. The van der Waals surface area contributed by atoms with Gasteiger partial charge in [-0.15, -0.1) is 0 Å². The number of hydrogen-bond donors (Lipinski definition) is 1. The van der Waals surface area contributed by atoms with E-state index < -0.39 is 0 Å². The largest absolute Gasteiger partial charge is 0.367 e. The monoisotopic (exact) mass is 327 g/mol. The van der Waals surface area contributed by atoms with Gasteiger partial charge in [-0.05, 0) is 74.5 Å². The summed E-state index contributed by atoms with van der Waals surface area (Å²) in [6.45, 7) is 7.21. The van der Waals surface area contributed by atoms with Crippen LogP contribution in [0, 0.1) is 0 Å². The highest BCUT2D eigenvalue weighted by Crippen LogP contribution is 2.29. The molecule has 0 aliphatic rings. The lowest BCUT2D eigenvalue weighted by atomic mass is 10.1. The van der Waals surface area contributed by atoms with Crippen molar-refractivity contribution in [3.05, 3.63) is 28.2 Å². The molecule has 4 heteroatoms. The zero-order valence-electron chi connectivity index (χ0n) is 12.5. The zero-order valence-corrected chi connectivity index (χ0v) is 14.1. The molecular formula is C15H26BrN3. The SMILES string of the molecule is CCN(c1ccc(CCN)cc1Br)C(C)CN(C)C. The summed E-state index contributed by atoms with van der Waals surface area (Å²) in [5.74, 6) is 0. The Bertz CT molecular complexity index is 393. The summed E-state index contributed by atoms with van der Waals surface area (Å²) < 4.78 is 1.16. The second-order valence-electron chi connectivity index (χ2n) is 5.22. The van der Waals surface area contributed by atoms with Crippen molar-refractivity contribution in [1.29, 1.82) is 0 Å². The van der Waals surface area contributed by atoms with E-state index in [-0.39, 0.29) is 0 Å². The second-order valence-corrected chi connectivity index (χ2v) is 6.08. The molecule has 1 atom stereocenters. The average molecular weight is 328 g/mol. The lowest BCUT2D eigenvalue weighted by Gasteiger charge is -2.33. The van der Waals surface area contributed by atoms with Gasteiger partial charge in [0.1, 0.15) is 0 Å². The molecule has 2 N–H and O–H groups in total. The lowest BCUT2D eigenvalue weighted by Crippen LogP contribution is -2.40. The van der Waals surface area contributed by atoms with Gasteiger partial charge in [0, 0.05) is 23.6 Å². The van der Waals surface area contributed by atoms with E-state index in [0.29, 0.717) is 12.6 Å². The first-order chi connectivity index (χ1) is 8.99. The second kappa shape index (κ2) is 7.88. The molecule has 3 nitrogen and oxygen atoms in total. The van der Waals surface area contributed by atoms with Crippen LogP contribution in [0.15, 0.2) is 22.7 Å². The van der Waals surface area contributed by atoms with Gasteiger partial charge in [-0.2, -0.15) is 0 Å². The lowest BCUT2D eigenvalue weighted by molar-refractivity contribution is 0.373. The molecular weight excluding hydrogens is 302 g/mol. The van der Waals surface area contributed by atoms with Gasteiger partial charge in [0.15, 0.2) is 0 Å². The molecule has 0 bridgehead atoms. The van der Waals surface area contributed by atoms with E-state index in [9.17, 15) is 0 Å². The highest BCUT2D eigenvalue weighted by atomic mass is 79.9. The molecule has 0 saturated carbocycles. The Morgan fingerprint density at radius 1 is 1.32 bits per heavy atom. The van der Waals surface area contributed by atoms with E-state index >= 15 is 0 Å². The summed E-state index contributed by atoms with van der Waals surface area (Å²) in [6, 6.07) is 7.05. The summed E-state index contributed by atoms with van der Waals surface area (Å²) in [7, 11) is 4.23. The Balaban J connectivity index is 2.92. The van der Waals surface area contributed by atoms with Crippen molar-refractivity contribution in [2.75, 3.05) is 38.6 Å². The van der Waals surface area contributed by atoms with Gasteiger partial charge < -0.3 is 15.5 Å². The smallest absolute Gasteiger partial charge is 0.0513 e. The molecule has 1 rings (SSSR count). The first kappa shape index (κ1) is 16.5. The third-order valence-electron chi connectivity index (χ3n) is 3.26. The van der Waals surface area contributed by atoms with Crippen LogP contribution in [-0.4, -0.2) is 44.7 Å². The van der Waals surface area contributed by atoms with Crippen LogP contribution < -0.4 is 10.6 Å². The summed E-state index contributed by atoms with van der Waals surface area (Å²) in [5.41, 5.74) is 8.15. The molecule has 1 aromatic carbocycles. The number of likely N-dealkylation sites (N-methyl/N-ethyl adjacent to an activating group) is 2. The third kappa shape index (κ3) is 4.79. The maximum atomic E-state index is 5.61. The Morgan fingerprint density at radius 2 is 2.00 bits per heavy atom. The highest BCUT2D eigenvalue weighted by Gasteiger charge is 2.16. The van der Waals surface area contributed by atoms with Crippen LogP contribution in [0.2, 0.25) is 0 Å². The molecule has 0 amide bonds. The highest BCUT2D eigenvalue weighted by molar-refractivity contribution is 9.10. The number of nitrogens with zero attached hydrogens (tertiary/aromatic N) is 2. The number of rotatable bonds is 7. The van der Waals surface area contributed by atoms with Crippen LogP contribution in [0.3, 0.4) is 0 Å². The van der Waals surface area contributed by atoms with Gasteiger partial charge in [-0.1, -0.05) is 6.07 Å². The van der Waals surface area contributed by atoms with Crippen molar-refractivity contribution in [3.8, 4) is 0 Å². The van der Waals surface area contributed by atoms with Crippen molar-refractivity contribution in [2.24, 2.45) is 5.73 Å². The topological polar surface area (TPSA) is 32.5 Å². The number of nitrogens with two attached hydrogens (primary N) is 1. The van der Waals surface area contributed by atoms with Crippen LogP contribution in [0.4, 0.5) is 5.69 Å². The molecule has 19 heavy (non-hydrogen) atoms. The van der Waals surface area contributed by atoms with Crippen molar-refractivity contribution < 1.29 is 0 Å². The fraction of sp³-hybridized carbons (Fsp3) is 0.600. The summed E-state index contributed by atoms with van der Waals surface area (Å²) in [6.07, 6.45) is 0.929. The molecule has 0 aliphatic heterocycles. The third-order valence-corrected chi connectivity index (χ3v) is 3.89. The number of hydrogen-bond acceptors (Lipinski definition) is 3. The van der Waals surface area contributed by atoms with Gasteiger partial charge in [-0.3, -0.25) is 0 Å². The molecule has 0 fully saturated rings. The quantitative estimate of drug-likeness (QED) is 0.835. The predicted octanol–water partition coefficient (Wildman–Crippen LogP) is 2.73. The van der Waals surface area contributed by atoms with E-state index in [2.05, 4.69) is 71.9 Å². The maximum absolute atomic E-state index is 5.61. The molecule has 1 aromatic rings. The van der Waals surface area contributed by atoms with Crippen LogP contribution >= 0.6 is 15.9 Å². The Kier molecular flexibility index (Phi) is 6.83. The molecule has 108 valence electrons. The van der Waals surface area contributed by atoms with Crippen molar-refractivity contribution >= 4 is 21.6 Å². The van der Waals surface area contributed by atoms with Crippen LogP contribution in [-0.2, 0) is 6.42 Å². The summed E-state index contributed by atoms with van der Waals surface area (Å²) in [5, 5.41) is 0. The Morgan fingerprint density at radius 3 is 2.47 bits per heavy atom. The van der Waals surface area contributed by atoms with E-state index in [0.717, 1.165) is 24.0 Å². The molecule has 1 unspecified atom stereocenters. The molecule has 0 aliphatic carbocycles. The fourth-order valence-corrected chi connectivity index (χ4v) is 3.11. The van der Waals surface area contributed by atoms with Gasteiger partial charge in [0.2, 0.25) is 0 Å². The molecule has 0 saturated heterocycles. The van der Waals surface area contributed by atoms with Gasteiger partial charge in [0.05, 0.1) is 5.69 Å². The average Bonchev–Trinajstić information content (AvgIpc) is 2.32. The normalized spacial score (nSPS) is 12.8. The fourth-order valence-electron chi connectivity index (χ4n) is 2.45. The summed E-state index contributed by atoms with van der Waals surface area (Å²) in [4.78, 5) is 4.65. The van der Waals surface area contributed by atoms with E-state index in [4.69, 9.17) is 5.73 Å². The Labute approximate surface area is 125 Å². The van der Waals surface area contributed by atoms with Crippen LogP contribution in [0.1, 0.15) is 19.4 Å². The molecule has 0 spiro atoms. The van der Waals surface area contributed by atoms with Crippen molar-refractivity contribution in [3.63, 3.8) is 0 Å². The maximum Gasteiger partial charge on any atom is 0.0513 e. The van der Waals surface area contributed by atoms with E-state index in [1.54, 1.807) is 0 Å². The van der Waals surface area contributed by atoms with Crippen molar-refractivity contribution in [2.45, 2.75) is 26.3 Å². The minimum Gasteiger partial charge on any atom is -0.367 e. The van der Waals surface area contributed by atoms with Crippen molar-refractivity contribution in [1.82, 2.24) is 4.90 Å². The number of halogens is 1. The summed E-state index contributed by atoms with van der Waals surface area (Å²) >= 11 is 3.70. The molecule has 0 aromatic heterocycles. The zero-order chi connectivity index (χ0) is 14.4. The van der Waals surface area contributed by atoms with E-state index in [1.807, 2.05) is 0 Å². The Hall–Kier alpha value is -0.580. The number of anilines is 1. The van der Waals surface area contributed by atoms with Crippen LogP contribution in [0.5, 0.6) is 0 Å². The minimum absolute atomic E-state index is 0.483. The number of benzene rings is 1. The van der Waals surface area contributed by atoms with Crippen LogP contribution in [0.25, 0.3) is 0 Å².